The molecular formula is C22H25NO3S. The van der Waals surface area contributed by atoms with Crippen LogP contribution in [-0.2, 0) is 22.4 Å². The summed E-state index contributed by atoms with van der Waals surface area (Å²) in [7, 11) is 0. The van der Waals surface area contributed by atoms with Crippen molar-refractivity contribution in [2.45, 2.75) is 45.4 Å². The van der Waals surface area contributed by atoms with Gasteiger partial charge in [-0.2, -0.15) is 0 Å². The smallest absolute Gasteiger partial charge is 0.341 e. The van der Waals surface area contributed by atoms with E-state index in [0.29, 0.717) is 17.2 Å². The number of hydrogen-bond donors (Lipinski definition) is 1. The fourth-order valence-electron chi connectivity index (χ4n) is 3.32. The molecule has 0 unspecified atom stereocenters. The summed E-state index contributed by atoms with van der Waals surface area (Å²) in [6, 6.07) is 9.66. The highest BCUT2D eigenvalue weighted by atomic mass is 32.1. The number of amides is 1. The van der Waals surface area contributed by atoms with Gasteiger partial charge in [0.05, 0.1) is 12.2 Å². The van der Waals surface area contributed by atoms with Crippen molar-refractivity contribution in [3.63, 3.8) is 0 Å². The van der Waals surface area contributed by atoms with Crippen molar-refractivity contribution in [1.29, 1.82) is 0 Å². The molecule has 1 aromatic heterocycles. The van der Waals surface area contributed by atoms with Crippen LogP contribution >= 0.6 is 11.3 Å². The van der Waals surface area contributed by atoms with Gasteiger partial charge < -0.3 is 10.1 Å². The summed E-state index contributed by atoms with van der Waals surface area (Å²) in [6.45, 7) is 2.12. The molecule has 0 atom stereocenters. The largest absolute Gasteiger partial charge is 0.462 e. The Morgan fingerprint density at radius 2 is 1.85 bits per heavy atom. The molecular weight excluding hydrogens is 358 g/mol. The van der Waals surface area contributed by atoms with Crippen molar-refractivity contribution >= 4 is 34.3 Å². The van der Waals surface area contributed by atoms with E-state index in [1.54, 1.807) is 13.0 Å². The number of carbonyl (C=O) groups excluding carboxylic acids is 2. The Hall–Kier alpha value is -2.40. The maximum absolute atomic E-state index is 12.6. The van der Waals surface area contributed by atoms with E-state index in [9.17, 15) is 9.59 Å². The van der Waals surface area contributed by atoms with Gasteiger partial charge >= 0.3 is 5.97 Å². The fraction of sp³-hybridized carbons (Fsp3) is 0.364. The molecule has 1 heterocycles. The van der Waals surface area contributed by atoms with Crippen LogP contribution in [0.1, 0.15) is 59.0 Å². The highest BCUT2D eigenvalue weighted by Gasteiger charge is 2.25. The summed E-state index contributed by atoms with van der Waals surface area (Å²) < 4.78 is 5.27. The Bertz CT molecular complexity index is 824. The summed E-state index contributed by atoms with van der Waals surface area (Å²) in [4.78, 5) is 26.2. The highest BCUT2D eigenvalue weighted by Crippen LogP contribution is 2.37. The predicted octanol–water partition coefficient (Wildman–Crippen LogP) is 5.24. The fourth-order valence-corrected chi connectivity index (χ4v) is 4.60. The number of thiophene rings is 1. The van der Waals surface area contributed by atoms with Gasteiger partial charge in [-0.25, -0.2) is 4.79 Å². The number of carbonyl (C=O) groups is 2. The van der Waals surface area contributed by atoms with Crippen LogP contribution < -0.4 is 5.32 Å². The number of fused-ring (bicyclic) bond motifs is 1. The van der Waals surface area contributed by atoms with Gasteiger partial charge in [0.1, 0.15) is 5.00 Å². The molecule has 1 aromatic carbocycles. The van der Waals surface area contributed by atoms with E-state index < -0.39 is 0 Å². The molecule has 4 nitrogen and oxygen atoms in total. The molecule has 0 saturated heterocycles. The van der Waals surface area contributed by atoms with Crippen molar-refractivity contribution in [2.75, 3.05) is 11.9 Å². The lowest BCUT2D eigenvalue weighted by Crippen LogP contribution is -2.13. The zero-order valence-electron chi connectivity index (χ0n) is 15.6. The quantitative estimate of drug-likeness (QED) is 0.568. The third-order valence-corrected chi connectivity index (χ3v) is 5.82. The zero-order chi connectivity index (χ0) is 19.1. The third kappa shape index (κ3) is 5.07. The number of esters is 1. The van der Waals surface area contributed by atoms with Gasteiger partial charge in [-0.15, -0.1) is 11.3 Å². The second kappa shape index (κ2) is 9.51. The second-order valence-electron chi connectivity index (χ2n) is 6.58. The Morgan fingerprint density at radius 3 is 2.59 bits per heavy atom. The Balaban J connectivity index is 1.84. The average Bonchev–Trinajstić information content (AvgIpc) is 2.97. The van der Waals surface area contributed by atoms with Crippen LogP contribution in [0.15, 0.2) is 36.4 Å². The Kier molecular flexibility index (Phi) is 6.82. The van der Waals surface area contributed by atoms with Crippen LogP contribution in [-0.4, -0.2) is 18.5 Å². The zero-order valence-corrected chi connectivity index (χ0v) is 16.4. The average molecular weight is 384 g/mol. The number of aryl methyl sites for hydroxylation is 1. The number of benzene rings is 1. The van der Waals surface area contributed by atoms with Crippen molar-refractivity contribution in [1.82, 2.24) is 0 Å². The van der Waals surface area contributed by atoms with Crippen LogP contribution in [0.25, 0.3) is 6.08 Å². The molecule has 0 aliphatic heterocycles. The molecule has 1 amide bonds. The van der Waals surface area contributed by atoms with Crippen molar-refractivity contribution in [3.05, 3.63) is 58.0 Å². The minimum absolute atomic E-state index is 0.237. The molecule has 0 radical (unpaired) electrons. The minimum atomic E-state index is -0.335. The standard InChI is InChI=1S/C22H25NO3S/c1-2-26-22(25)20-17-12-8-3-4-9-13-18(17)27-21(20)23-19(24)15-14-16-10-6-5-7-11-16/h5-7,10-11,14-15H,2-4,8-9,12-13H2,1H3,(H,23,24)/b15-14+. The summed E-state index contributed by atoms with van der Waals surface area (Å²) in [5, 5.41) is 3.52. The lowest BCUT2D eigenvalue weighted by molar-refractivity contribution is -0.111. The molecule has 1 N–H and O–H groups in total. The summed E-state index contributed by atoms with van der Waals surface area (Å²) in [6.07, 6.45) is 9.68. The van der Waals surface area contributed by atoms with E-state index in [-0.39, 0.29) is 11.9 Å². The van der Waals surface area contributed by atoms with E-state index in [2.05, 4.69) is 5.32 Å². The van der Waals surface area contributed by atoms with Crippen molar-refractivity contribution in [2.24, 2.45) is 0 Å². The highest BCUT2D eigenvalue weighted by molar-refractivity contribution is 7.17. The molecule has 0 spiro atoms. The van der Waals surface area contributed by atoms with E-state index in [1.165, 1.54) is 35.1 Å². The summed E-state index contributed by atoms with van der Waals surface area (Å²) >= 11 is 1.52. The molecule has 0 saturated carbocycles. The molecule has 0 fully saturated rings. The van der Waals surface area contributed by atoms with Crippen molar-refractivity contribution in [3.8, 4) is 0 Å². The number of ether oxygens (including phenoxy) is 1. The third-order valence-electron chi connectivity index (χ3n) is 4.61. The van der Waals surface area contributed by atoms with Crippen molar-refractivity contribution < 1.29 is 14.3 Å². The first kappa shape index (κ1) is 19.4. The van der Waals surface area contributed by atoms with Gasteiger partial charge in [-0.1, -0.05) is 43.2 Å². The van der Waals surface area contributed by atoms with Gasteiger partial charge in [-0.05, 0) is 49.8 Å². The van der Waals surface area contributed by atoms with Crippen LogP contribution in [0.3, 0.4) is 0 Å². The number of anilines is 1. The number of hydrogen-bond acceptors (Lipinski definition) is 4. The van der Waals surface area contributed by atoms with Crippen LogP contribution in [0.2, 0.25) is 0 Å². The monoisotopic (exact) mass is 383 g/mol. The first-order chi connectivity index (χ1) is 13.2. The molecule has 1 aliphatic carbocycles. The lowest BCUT2D eigenvalue weighted by atomic mass is 9.96. The SMILES string of the molecule is CCOC(=O)c1c(NC(=O)/C=C/c2ccccc2)sc2c1CCCCCC2. The predicted molar refractivity (Wildman–Crippen MR) is 110 cm³/mol. The minimum Gasteiger partial charge on any atom is -0.462 e. The molecule has 27 heavy (non-hydrogen) atoms. The second-order valence-corrected chi connectivity index (χ2v) is 7.68. The van der Waals surface area contributed by atoms with E-state index in [1.807, 2.05) is 30.3 Å². The normalized spacial score (nSPS) is 14.3. The van der Waals surface area contributed by atoms with Gasteiger partial charge in [-0.3, -0.25) is 4.79 Å². The van der Waals surface area contributed by atoms with Gasteiger partial charge in [0.15, 0.2) is 0 Å². The number of nitrogens with one attached hydrogen (secondary N) is 1. The topological polar surface area (TPSA) is 55.4 Å². The van der Waals surface area contributed by atoms with Gasteiger partial charge in [0.2, 0.25) is 5.91 Å². The van der Waals surface area contributed by atoms with Crippen LogP contribution in [0.5, 0.6) is 0 Å². The first-order valence-electron chi connectivity index (χ1n) is 9.54. The van der Waals surface area contributed by atoms with E-state index in [0.717, 1.165) is 36.8 Å². The number of rotatable bonds is 5. The molecule has 3 rings (SSSR count). The molecule has 1 aliphatic rings. The molecule has 5 heteroatoms. The molecule has 142 valence electrons. The first-order valence-corrected chi connectivity index (χ1v) is 10.4. The Labute approximate surface area is 164 Å². The Morgan fingerprint density at radius 1 is 1.11 bits per heavy atom. The van der Waals surface area contributed by atoms with Crippen LogP contribution in [0, 0.1) is 0 Å². The summed E-state index contributed by atoms with van der Waals surface area (Å²) in [5.41, 5.74) is 2.58. The lowest BCUT2D eigenvalue weighted by Gasteiger charge is -2.11. The van der Waals surface area contributed by atoms with Gasteiger partial charge in [0, 0.05) is 11.0 Å². The van der Waals surface area contributed by atoms with E-state index >= 15 is 0 Å². The van der Waals surface area contributed by atoms with E-state index in [4.69, 9.17) is 4.74 Å². The maximum atomic E-state index is 12.6. The summed E-state index contributed by atoms with van der Waals surface area (Å²) in [5.74, 6) is -0.573. The molecule has 2 aromatic rings. The molecule has 0 bridgehead atoms. The maximum Gasteiger partial charge on any atom is 0.341 e. The van der Waals surface area contributed by atoms with Crippen LogP contribution in [0.4, 0.5) is 5.00 Å². The van der Waals surface area contributed by atoms with Gasteiger partial charge in [0.25, 0.3) is 0 Å².